The van der Waals surface area contributed by atoms with Crippen LogP contribution in [0.2, 0.25) is 0 Å². The number of nitrogens with zero attached hydrogens (tertiary/aromatic N) is 2. The number of nitrogens with one attached hydrogen (secondary N) is 1. The van der Waals surface area contributed by atoms with Crippen LogP contribution in [0, 0.1) is 0 Å². The Labute approximate surface area is 214 Å². The van der Waals surface area contributed by atoms with E-state index in [4.69, 9.17) is 4.74 Å². The number of rotatable bonds is 8. The van der Waals surface area contributed by atoms with Crippen LogP contribution in [0.3, 0.4) is 0 Å². The Balaban J connectivity index is 1.35. The van der Waals surface area contributed by atoms with Gasteiger partial charge in [-0.25, -0.2) is 4.79 Å². The monoisotopic (exact) mass is 497 g/mol. The molecule has 188 valence electrons. The largest absolute Gasteiger partial charge is 0.491 e. The molecule has 1 aliphatic heterocycles. The second-order valence-corrected chi connectivity index (χ2v) is 9.01. The molecule has 3 N–H and O–H groups in total. The highest BCUT2D eigenvalue weighted by molar-refractivity contribution is 5.94. The number of para-hydroxylation sites is 1. The fraction of sp³-hybridized carbons (Fsp3) is 0.207. The van der Waals surface area contributed by atoms with Gasteiger partial charge in [-0.3, -0.25) is 9.48 Å². The number of carbonyl (C=O) groups excluding carboxylic acids is 1. The van der Waals surface area contributed by atoms with Gasteiger partial charge in [0.25, 0.3) is 5.91 Å². The minimum absolute atomic E-state index is 0.133. The number of hydrogen-bond acceptors (Lipinski definition) is 5. The highest BCUT2D eigenvalue weighted by Gasteiger charge is 2.25. The molecule has 1 aliphatic rings. The molecule has 37 heavy (non-hydrogen) atoms. The first-order chi connectivity index (χ1) is 18.0. The number of hydrogen-bond donors (Lipinski definition) is 3. The Morgan fingerprint density at radius 1 is 0.973 bits per heavy atom. The van der Waals surface area contributed by atoms with Crippen LogP contribution in [0.4, 0.5) is 0 Å². The molecule has 0 saturated heterocycles. The standard InChI is InChI=1S/C29H27N3O5/c33-26(29(35)36)17-22(16-19-10-12-21(13-11-19)20-6-2-1-3-7-20)30-28(34)24-18-25-23-8-4-5-9-27(23)37-15-14-32(25)31-24/h1-13,18,22,26,33H,14-17H2,(H,30,34)(H,35,36)/t22-,26-/m1/s1. The molecule has 8 nitrogen and oxygen atoms in total. The Bertz CT molecular complexity index is 1400. The molecule has 0 radical (unpaired) electrons. The Morgan fingerprint density at radius 3 is 2.43 bits per heavy atom. The van der Waals surface area contributed by atoms with Crippen molar-refractivity contribution in [3.63, 3.8) is 0 Å². The summed E-state index contributed by atoms with van der Waals surface area (Å²) in [6.07, 6.45) is -1.38. The molecule has 0 bridgehead atoms. The molecule has 0 unspecified atom stereocenters. The summed E-state index contributed by atoms with van der Waals surface area (Å²) in [5, 5.41) is 26.7. The quantitative estimate of drug-likeness (QED) is 0.341. The summed E-state index contributed by atoms with van der Waals surface area (Å²) >= 11 is 0. The second kappa shape index (κ2) is 10.7. The van der Waals surface area contributed by atoms with Gasteiger partial charge in [0.2, 0.25) is 0 Å². The normalized spacial score (nSPS) is 13.9. The van der Waals surface area contributed by atoms with Crippen molar-refractivity contribution in [1.29, 1.82) is 0 Å². The first kappa shape index (κ1) is 24.3. The average Bonchev–Trinajstić information content (AvgIpc) is 3.26. The van der Waals surface area contributed by atoms with Crippen molar-refractivity contribution in [3.05, 3.63) is 96.2 Å². The summed E-state index contributed by atoms with van der Waals surface area (Å²) in [6, 6.07) is 26.5. The van der Waals surface area contributed by atoms with E-state index in [1.54, 1.807) is 10.7 Å². The molecule has 5 rings (SSSR count). The van der Waals surface area contributed by atoms with Gasteiger partial charge in [-0.1, -0.05) is 66.7 Å². The minimum atomic E-state index is -1.60. The molecule has 1 amide bonds. The van der Waals surface area contributed by atoms with Gasteiger partial charge in [0.05, 0.1) is 12.2 Å². The number of aromatic nitrogens is 2. The third-order valence-corrected chi connectivity index (χ3v) is 6.41. The fourth-order valence-electron chi connectivity index (χ4n) is 4.53. The van der Waals surface area contributed by atoms with Crippen molar-refractivity contribution >= 4 is 11.9 Å². The highest BCUT2D eigenvalue weighted by Crippen LogP contribution is 2.32. The lowest BCUT2D eigenvalue weighted by molar-refractivity contribution is -0.147. The van der Waals surface area contributed by atoms with E-state index in [0.29, 0.717) is 19.6 Å². The molecule has 4 aromatic rings. The van der Waals surface area contributed by atoms with Crippen LogP contribution < -0.4 is 10.1 Å². The zero-order valence-corrected chi connectivity index (χ0v) is 20.1. The van der Waals surface area contributed by atoms with Gasteiger partial charge < -0.3 is 20.3 Å². The van der Waals surface area contributed by atoms with E-state index in [2.05, 4.69) is 10.4 Å². The van der Waals surface area contributed by atoms with Crippen LogP contribution in [0.15, 0.2) is 84.9 Å². The topological polar surface area (TPSA) is 114 Å². The summed E-state index contributed by atoms with van der Waals surface area (Å²) in [5.41, 5.74) is 4.90. The Hall–Kier alpha value is -4.43. The SMILES string of the molecule is O=C(N[C@H](Cc1ccc(-c2ccccc2)cc1)C[C@@H](O)C(=O)O)c1cc2n(n1)CCOc1ccccc1-2. The lowest BCUT2D eigenvalue weighted by Crippen LogP contribution is -2.40. The van der Waals surface area contributed by atoms with Crippen molar-refractivity contribution in [1.82, 2.24) is 15.1 Å². The number of ether oxygens (including phenoxy) is 1. The summed E-state index contributed by atoms with van der Waals surface area (Å²) < 4.78 is 7.52. The molecule has 2 heterocycles. The van der Waals surface area contributed by atoms with Crippen LogP contribution in [0.5, 0.6) is 5.75 Å². The van der Waals surface area contributed by atoms with E-state index in [1.165, 1.54) is 0 Å². The van der Waals surface area contributed by atoms with Crippen LogP contribution in [-0.4, -0.2) is 50.6 Å². The summed E-state index contributed by atoms with van der Waals surface area (Å²) in [4.78, 5) is 24.5. The molecule has 1 aromatic heterocycles. The maximum Gasteiger partial charge on any atom is 0.332 e. The van der Waals surface area contributed by atoms with Gasteiger partial charge in [-0.15, -0.1) is 0 Å². The van der Waals surface area contributed by atoms with Gasteiger partial charge >= 0.3 is 5.97 Å². The van der Waals surface area contributed by atoms with Gasteiger partial charge in [-0.05, 0) is 41.3 Å². The number of benzene rings is 3. The van der Waals surface area contributed by atoms with E-state index < -0.39 is 24.0 Å². The molecule has 0 saturated carbocycles. The van der Waals surface area contributed by atoms with Crippen molar-refractivity contribution < 1.29 is 24.5 Å². The smallest absolute Gasteiger partial charge is 0.332 e. The first-order valence-corrected chi connectivity index (χ1v) is 12.1. The number of amides is 1. The molecule has 0 aliphatic carbocycles. The van der Waals surface area contributed by atoms with Crippen molar-refractivity contribution in [2.75, 3.05) is 6.61 Å². The molecule has 8 heteroatoms. The lowest BCUT2D eigenvalue weighted by atomic mass is 9.97. The predicted molar refractivity (Wildman–Crippen MR) is 138 cm³/mol. The molecular formula is C29H27N3O5. The average molecular weight is 498 g/mol. The van der Waals surface area contributed by atoms with Gasteiger partial charge in [-0.2, -0.15) is 5.10 Å². The third kappa shape index (κ3) is 5.54. The zero-order valence-electron chi connectivity index (χ0n) is 20.1. The number of carbonyl (C=O) groups is 2. The fourth-order valence-corrected chi connectivity index (χ4v) is 4.53. The number of aliphatic hydroxyl groups excluding tert-OH is 1. The Kier molecular flexibility index (Phi) is 7.00. The third-order valence-electron chi connectivity index (χ3n) is 6.41. The summed E-state index contributed by atoms with van der Waals surface area (Å²) in [5.74, 6) is -1.03. The lowest BCUT2D eigenvalue weighted by Gasteiger charge is -2.20. The number of aliphatic carboxylic acids is 1. The Morgan fingerprint density at radius 2 is 1.68 bits per heavy atom. The van der Waals surface area contributed by atoms with Crippen LogP contribution in [0.1, 0.15) is 22.5 Å². The number of carboxylic acids is 1. The molecule has 0 spiro atoms. The highest BCUT2D eigenvalue weighted by atomic mass is 16.5. The zero-order chi connectivity index (χ0) is 25.8. The summed E-state index contributed by atoms with van der Waals surface area (Å²) in [6.45, 7) is 0.922. The maximum atomic E-state index is 13.2. The minimum Gasteiger partial charge on any atom is -0.491 e. The van der Waals surface area contributed by atoms with Gasteiger partial charge in [0.1, 0.15) is 12.4 Å². The van der Waals surface area contributed by atoms with Crippen molar-refractivity contribution in [3.8, 4) is 28.1 Å². The number of fused-ring (bicyclic) bond motifs is 3. The van der Waals surface area contributed by atoms with Crippen LogP contribution in [-0.2, 0) is 17.8 Å². The van der Waals surface area contributed by atoms with Crippen molar-refractivity contribution in [2.45, 2.75) is 31.5 Å². The van der Waals surface area contributed by atoms with E-state index in [9.17, 15) is 19.8 Å². The molecule has 3 aromatic carbocycles. The molecular weight excluding hydrogens is 470 g/mol. The van der Waals surface area contributed by atoms with E-state index in [1.807, 2.05) is 78.9 Å². The number of aliphatic hydroxyl groups is 1. The van der Waals surface area contributed by atoms with Crippen LogP contribution in [0.25, 0.3) is 22.4 Å². The van der Waals surface area contributed by atoms with E-state index in [0.717, 1.165) is 33.7 Å². The van der Waals surface area contributed by atoms with Gasteiger partial charge in [0.15, 0.2) is 11.8 Å². The van der Waals surface area contributed by atoms with Crippen LogP contribution >= 0.6 is 0 Å². The maximum absolute atomic E-state index is 13.2. The van der Waals surface area contributed by atoms with E-state index >= 15 is 0 Å². The first-order valence-electron chi connectivity index (χ1n) is 12.1. The number of carboxylic acid groups (broad SMARTS) is 1. The predicted octanol–water partition coefficient (Wildman–Crippen LogP) is 3.79. The van der Waals surface area contributed by atoms with E-state index in [-0.39, 0.29) is 12.1 Å². The molecule has 2 atom stereocenters. The summed E-state index contributed by atoms with van der Waals surface area (Å²) in [7, 11) is 0. The van der Waals surface area contributed by atoms with Gasteiger partial charge in [0, 0.05) is 18.0 Å². The second-order valence-electron chi connectivity index (χ2n) is 9.01. The molecule has 0 fully saturated rings. The van der Waals surface area contributed by atoms with Crippen molar-refractivity contribution in [2.24, 2.45) is 0 Å².